The summed E-state index contributed by atoms with van der Waals surface area (Å²) in [6, 6.07) is 0. The number of nitrogens with zero attached hydrogens (tertiary/aromatic N) is 2. The van der Waals surface area contributed by atoms with Gasteiger partial charge in [-0.25, -0.2) is 0 Å². The summed E-state index contributed by atoms with van der Waals surface area (Å²) in [5, 5.41) is 27.3. The summed E-state index contributed by atoms with van der Waals surface area (Å²) in [6.07, 6.45) is 0. The third-order valence-electron chi connectivity index (χ3n) is 0. The van der Waals surface area contributed by atoms with E-state index in [0.29, 0.717) is 0 Å². The van der Waals surface area contributed by atoms with Gasteiger partial charge in [0.05, 0.1) is 0 Å². The molecule has 0 heterocycles. The predicted octanol–water partition coefficient (Wildman–Crippen LogP) is -1.76. The van der Waals surface area contributed by atoms with Gasteiger partial charge in [-0.1, -0.05) is 0 Å². The van der Waals surface area contributed by atoms with Crippen LogP contribution < -0.4 is 0 Å². The van der Waals surface area contributed by atoms with Crippen molar-refractivity contribution in [3.05, 3.63) is 20.2 Å². The van der Waals surface area contributed by atoms with Gasteiger partial charge in [-0.2, -0.15) is 0 Å². The standard InChI is InChI=1S/2HNO3.H2O.2O.U/c2*2-1(3)4;;;;/h2*(H,2,3,4);1H2;;;. The Bertz CT molecular complexity index is 125. The van der Waals surface area contributed by atoms with Gasteiger partial charge < -0.3 is 15.9 Å². The van der Waals surface area contributed by atoms with Gasteiger partial charge >= 0.3 is 32.3 Å². The van der Waals surface area contributed by atoms with Crippen molar-refractivity contribution in [3.8, 4) is 0 Å². The van der Waals surface area contributed by atoms with E-state index in [1.807, 2.05) is 0 Å². The van der Waals surface area contributed by atoms with Crippen LogP contribution in [0.2, 0.25) is 0 Å². The molecule has 12 heteroatoms. The molecule has 11 nitrogen and oxygen atoms in total. The molecule has 0 aliphatic carbocycles. The zero-order valence-corrected chi connectivity index (χ0v) is 9.40. The van der Waals surface area contributed by atoms with Crippen LogP contribution in [-0.4, -0.2) is 26.1 Å². The van der Waals surface area contributed by atoms with Crippen LogP contribution in [0.4, 0.5) is 0 Å². The first kappa shape index (κ1) is 22.5. The molecule has 0 atom stereocenters. The molecule has 0 aromatic rings. The zero-order chi connectivity index (χ0) is 9.86. The van der Waals surface area contributed by atoms with Crippen LogP contribution in [0.5, 0.6) is 0 Å². The summed E-state index contributed by atoms with van der Waals surface area (Å²) in [7, 11) is 0. The molecule has 0 aromatic heterocycles. The van der Waals surface area contributed by atoms with E-state index in [1.54, 1.807) is 0 Å². The number of rotatable bonds is 0. The van der Waals surface area contributed by atoms with Gasteiger partial charge in [-0.05, 0) is 0 Å². The first-order valence-electron chi connectivity index (χ1n) is 1.54. The normalized spacial score (nSPS) is 4.67. The van der Waals surface area contributed by atoms with Crippen molar-refractivity contribution < 1.29 is 58.4 Å². The van der Waals surface area contributed by atoms with Crippen LogP contribution in [-0.2, 0) is 4.47 Å². The van der Waals surface area contributed by atoms with E-state index in [9.17, 15) is 0 Å². The molecule has 0 bridgehead atoms. The molecule has 0 amide bonds. The Morgan fingerprint density at radius 1 is 1.00 bits per heavy atom. The van der Waals surface area contributed by atoms with Crippen molar-refractivity contribution in [2.45, 2.75) is 0 Å². The Morgan fingerprint density at radius 2 is 1.00 bits per heavy atom. The zero-order valence-electron chi connectivity index (χ0n) is 5.24. The van der Waals surface area contributed by atoms with Crippen LogP contribution in [0.3, 0.4) is 0 Å². The van der Waals surface area contributed by atoms with E-state index in [-0.39, 0.29) is 5.48 Å². The number of hydrogen-bond acceptors (Lipinski definition) is 6. The van der Waals surface area contributed by atoms with Gasteiger partial charge in [0.15, 0.2) is 0 Å². The molecule has 0 unspecified atom stereocenters. The van der Waals surface area contributed by atoms with Gasteiger partial charge in [-0.15, -0.1) is 20.2 Å². The first-order chi connectivity index (χ1) is 4.88. The molecule has 4 N–H and O–H groups in total. The van der Waals surface area contributed by atoms with Gasteiger partial charge in [0.2, 0.25) is 0 Å². The summed E-state index contributed by atoms with van der Waals surface area (Å²) in [5.41, 5.74) is 0. The van der Waals surface area contributed by atoms with Gasteiger partial charge in [0, 0.05) is 0 Å². The minimum absolute atomic E-state index is 0. The molecule has 0 aliphatic heterocycles. The molecular formula is H4N2O9U. The summed E-state index contributed by atoms with van der Waals surface area (Å²) >= 11 is -2.51. The van der Waals surface area contributed by atoms with Crippen molar-refractivity contribution >= 4 is 0 Å². The topological polar surface area (TPSA) is 192 Å². The maximum atomic E-state index is 8.58. The van der Waals surface area contributed by atoms with E-state index in [2.05, 4.69) is 0 Å². The van der Waals surface area contributed by atoms with Crippen LogP contribution in [0.25, 0.3) is 0 Å². The molecule has 72 valence electrons. The molecule has 0 saturated carbocycles. The second-order valence-electron chi connectivity index (χ2n) is 0.559. The summed E-state index contributed by atoms with van der Waals surface area (Å²) in [5.74, 6) is 0. The predicted molar refractivity (Wildman–Crippen MR) is 22.5 cm³/mol. The number of hydrogen-bond donors (Lipinski definition) is 2. The third-order valence-corrected chi connectivity index (χ3v) is 0. The molecule has 0 saturated heterocycles. The van der Waals surface area contributed by atoms with E-state index in [1.165, 1.54) is 0 Å². The van der Waals surface area contributed by atoms with Crippen molar-refractivity contribution in [1.82, 2.24) is 0 Å². The first-order valence-corrected chi connectivity index (χ1v) is 4.94. The molecule has 0 fully saturated rings. The Labute approximate surface area is 78.7 Å². The van der Waals surface area contributed by atoms with Gasteiger partial charge in [0.25, 0.3) is 10.2 Å². The Hall–Kier alpha value is -0.988. The average Bonchev–Trinajstić information content (AvgIpc) is 1.60. The van der Waals surface area contributed by atoms with Crippen LogP contribution in [0, 0.1) is 48.0 Å². The van der Waals surface area contributed by atoms with E-state index in [4.69, 9.17) is 35.1 Å². The molecule has 0 aliphatic rings. The molecule has 0 radical (unpaired) electrons. The fraction of sp³-hybridized carbons (Fsp3) is 0. The van der Waals surface area contributed by atoms with Crippen molar-refractivity contribution in [3.63, 3.8) is 0 Å². The van der Waals surface area contributed by atoms with Crippen molar-refractivity contribution in [1.29, 1.82) is 0 Å². The molecular weight excluding hydrogens is 410 g/mol. The maximum absolute atomic E-state index is 8.58. The van der Waals surface area contributed by atoms with Crippen LogP contribution in [0.15, 0.2) is 0 Å². The minimum atomic E-state index is -2.51. The Balaban J connectivity index is -0.0000000389. The van der Waals surface area contributed by atoms with E-state index in [0.717, 1.165) is 0 Å². The van der Waals surface area contributed by atoms with Crippen molar-refractivity contribution in [2.75, 3.05) is 0 Å². The van der Waals surface area contributed by atoms with Gasteiger partial charge in [-0.3, -0.25) is 0 Å². The quantitative estimate of drug-likeness (QED) is 0.344. The Morgan fingerprint density at radius 3 is 1.00 bits per heavy atom. The SMILES string of the molecule is O.O=[N+]([O-])O.O=[N+]([O-])O.[O]=[U]=[O]. The summed E-state index contributed by atoms with van der Waals surface area (Å²) in [4.78, 5) is 16.7. The monoisotopic (exact) mass is 414 g/mol. The second kappa shape index (κ2) is 22.5. The summed E-state index contributed by atoms with van der Waals surface area (Å²) in [6.45, 7) is 0. The Kier molecular flexibility index (Phi) is 42.1. The fourth-order valence-corrected chi connectivity index (χ4v) is 0. The van der Waals surface area contributed by atoms with Crippen LogP contribution >= 0.6 is 0 Å². The summed E-state index contributed by atoms with van der Waals surface area (Å²) < 4.78 is 17.2. The molecule has 12 heavy (non-hydrogen) atoms. The average molecular weight is 414 g/mol. The van der Waals surface area contributed by atoms with E-state index >= 15 is 0 Å². The van der Waals surface area contributed by atoms with Gasteiger partial charge in [0.1, 0.15) is 0 Å². The van der Waals surface area contributed by atoms with Crippen LogP contribution in [0.1, 0.15) is 0 Å². The molecule has 0 aromatic carbocycles. The second-order valence-corrected chi connectivity index (χ2v) is 1.25. The molecule has 0 spiro atoms. The fourth-order valence-electron chi connectivity index (χ4n) is 0. The third kappa shape index (κ3) is 593. The molecule has 0 rings (SSSR count). The van der Waals surface area contributed by atoms with E-state index < -0.39 is 38.0 Å². The van der Waals surface area contributed by atoms with Crippen molar-refractivity contribution in [2.24, 2.45) is 0 Å².